The summed E-state index contributed by atoms with van der Waals surface area (Å²) in [7, 11) is 0. The molecule has 4 aromatic rings. The molecule has 1 aliphatic carbocycles. The van der Waals surface area contributed by atoms with E-state index in [4.69, 9.17) is 17.3 Å². The van der Waals surface area contributed by atoms with Gasteiger partial charge in [-0.1, -0.05) is 11.6 Å². The minimum atomic E-state index is -1.70. The molecule has 0 aliphatic heterocycles. The standard InChI is InChI=1S/C24H20ClFN6O3/c1-12(33)29-20-5-3-16(22(26)31-20)19-10-28-23(30-19)24(34)7-6-13-8-14(11-32(35)21(13)24)17-9-15(25)2-4-18(17)27/h2-5,8-11,34H,6-7,27H2,1H3,(H,28,30)(H,29,31,33). The van der Waals surface area contributed by atoms with Crippen molar-refractivity contribution in [1.29, 1.82) is 0 Å². The largest absolute Gasteiger partial charge is 0.618 e. The van der Waals surface area contributed by atoms with Crippen LogP contribution in [0.25, 0.3) is 22.4 Å². The van der Waals surface area contributed by atoms with Crippen molar-refractivity contribution in [2.75, 3.05) is 11.1 Å². The number of nitrogens with one attached hydrogen (secondary N) is 2. The highest BCUT2D eigenvalue weighted by Gasteiger charge is 2.48. The number of imidazole rings is 1. The molecule has 35 heavy (non-hydrogen) atoms. The lowest BCUT2D eigenvalue weighted by molar-refractivity contribution is -0.620. The van der Waals surface area contributed by atoms with Gasteiger partial charge in [0.05, 0.1) is 17.5 Å². The maximum atomic E-state index is 14.6. The average molecular weight is 495 g/mol. The van der Waals surface area contributed by atoms with Crippen molar-refractivity contribution >= 4 is 29.0 Å². The summed E-state index contributed by atoms with van der Waals surface area (Å²) in [4.78, 5) is 22.1. The van der Waals surface area contributed by atoms with E-state index in [9.17, 15) is 19.5 Å². The second-order valence-corrected chi connectivity index (χ2v) is 8.82. The summed E-state index contributed by atoms with van der Waals surface area (Å²) in [5, 5.41) is 27.5. The third kappa shape index (κ3) is 3.96. The molecule has 5 rings (SSSR count). The van der Waals surface area contributed by atoms with Crippen molar-refractivity contribution in [3.8, 4) is 22.4 Å². The summed E-state index contributed by atoms with van der Waals surface area (Å²) in [6.45, 7) is 1.30. The molecule has 1 atom stereocenters. The molecule has 9 nitrogen and oxygen atoms in total. The van der Waals surface area contributed by atoms with Crippen LogP contribution in [0.4, 0.5) is 15.9 Å². The Balaban J connectivity index is 1.51. The minimum absolute atomic E-state index is 0.0744. The number of H-pyrrole nitrogens is 1. The number of pyridine rings is 2. The van der Waals surface area contributed by atoms with Crippen LogP contribution in [0.5, 0.6) is 0 Å². The van der Waals surface area contributed by atoms with Crippen molar-refractivity contribution in [3.63, 3.8) is 0 Å². The third-order valence-corrected chi connectivity index (χ3v) is 6.23. The van der Waals surface area contributed by atoms with Gasteiger partial charge in [0.1, 0.15) is 11.6 Å². The molecule has 1 unspecified atom stereocenters. The number of aromatic amines is 1. The number of fused-ring (bicyclic) bond motifs is 1. The number of rotatable bonds is 4. The number of amides is 1. The molecule has 0 fully saturated rings. The Labute approximate surface area is 204 Å². The fourth-order valence-electron chi connectivity index (χ4n) is 4.41. The number of nitrogens with two attached hydrogens (primary N) is 1. The maximum Gasteiger partial charge on any atom is 0.235 e. The molecule has 1 amide bonds. The molecule has 3 aromatic heterocycles. The van der Waals surface area contributed by atoms with Gasteiger partial charge < -0.3 is 26.3 Å². The lowest BCUT2D eigenvalue weighted by Crippen LogP contribution is -2.42. The van der Waals surface area contributed by atoms with Gasteiger partial charge in [0.2, 0.25) is 23.1 Å². The lowest BCUT2D eigenvalue weighted by atomic mass is 9.98. The van der Waals surface area contributed by atoms with Crippen molar-refractivity contribution in [3.05, 3.63) is 82.1 Å². The molecule has 5 N–H and O–H groups in total. The molecular formula is C24H20ClFN6O3. The van der Waals surface area contributed by atoms with Crippen LogP contribution in [-0.4, -0.2) is 26.0 Å². The second-order valence-electron chi connectivity index (χ2n) is 8.38. The molecule has 1 aliphatic rings. The normalized spacial score (nSPS) is 16.8. The Morgan fingerprint density at radius 1 is 1.31 bits per heavy atom. The van der Waals surface area contributed by atoms with Gasteiger partial charge in [0.25, 0.3) is 0 Å². The first-order valence-electron chi connectivity index (χ1n) is 10.7. The van der Waals surface area contributed by atoms with E-state index < -0.39 is 11.5 Å². The zero-order valence-electron chi connectivity index (χ0n) is 18.5. The fourth-order valence-corrected chi connectivity index (χ4v) is 4.58. The predicted molar refractivity (Wildman–Crippen MR) is 128 cm³/mol. The second kappa shape index (κ2) is 8.33. The van der Waals surface area contributed by atoms with Crippen LogP contribution in [0.1, 0.15) is 30.4 Å². The first-order chi connectivity index (χ1) is 16.7. The van der Waals surface area contributed by atoms with E-state index in [-0.39, 0.29) is 40.9 Å². The van der Waals surface area contributed by atoms with Gasteiger partial charge >= 0.3 is 0 Å². The number of halogens is 2. The SMILES string of the molecule is CC(=O)Nc1ccc(-c2cnc(C3(O)CCc4cc(-c5cc(Cl)ccc5N)c[n+]([O-])c43)[nH]2)c(F)n1. The molecule has 11 heteroatoms. The number of aryl methyl sites for hydroxylation is 1. The van der Waals surface area contributed by atoms with Gasteiger partial charge in [-0.15, -0.1) is 0 Å². The number of anilines is 2. The summed E-state index contributed by atoms with van der Waals surface area (Å²) < 4.78 is 15.2. The highest BCUT2D eigenvalue weighted by molar-refractivity contribution is 6.31. The van der Waals surface area contributed by atoms with Crippen molar-refractivity contribution in [2.45, 2.75) is 25.4 Å². The predicted octanol–water partition coefficient (Wildman–Crippen LogP) is 3.29. The highest BCUT2D eigenvalue weighted by Crippen LogP contribution is 2.41. The summed E-state index contributed by atoms with van der Waals surface area (Å²) in [5.74, 6) is -1.02. The van der Waals surface area contributed by atoms with E-state index in [1.54, 1.807) is 24.3 Å². The number of hydrogen-bond donors (Lipinski definition) is 4. The molecule has 0 saturated heterocycles. The van der Waals surface area contributed by atoms with Crippen LogP contribution in [0, 0.1) is 11.2 Å². The van der Waals surface area contributed by atoms with Crippen LogP contribution in [0.3, 0.4) is 0 Å². The Hall–Kier alpha value is -4.02. The molecule has 0 spiro atoms. The van der Waals surface area contributed by atoms with E-state index in [0.717, 1.165) is 0 Å². The van der Waals surface area contributed by atoms with E-state index in [2.05, 4.69) is 20.3 Å². The number of carbonyl (C=O) groups excluding carboxylic acids is 1. The van der Waals surface area contributed by atoms with Crippen LogP contribution >= 0.6 is 11.6 Å². The Bertz CT molecular complexity index is 1490. The monoisotopic (exact) mass is 494 g/mol. The fraction of sp³-hybridized carbons (Fsp3) is 0.167. The first-order valence-corrected chi connectivity index (χ1v) is 11.1. The zero-order chi connectivity index (χ0) is 24.9. The van der Waals surface area contributed by atoms with Crippen molar-refractivity contribution in [1.82, 2.24) is 15.0 Å². The highest BCUT2D eigenvalue weighted by atomic mass is 35.5. The zero-order valence-corrected chi connectivity index (χ0v) is 19.2. The smallest absolute Gasteiger partial charge is 0.235 e. The molecular weight excluding hydrogens is 475 g/mol. The van der Waals surface area contributed by atoms with E-state index in [1.807, 2.05) is 0 Å². The van der Waals surface area contributed by atoms with Crippen LogP contribution in [-0.2, 0) is 16.8 Å². The van der Waals surface area contributed by atoms with Crippen LogP contribution in [0.15, 0.2) is 48.8 Å². The molecule has 0 radical (unpaired) electrons. The van der Waals surface area contributed by atoms with Gasteiger partial charge in [-0.2, -0.15) is 9.12 Å². The number of aromatic nitrogens is 4. The summed E-state index contributed by atoms with van der Waals surface area (Å²) in [6, 6.07) is 9.70. The Kier molecular flexibility index (Phi) is 5.42. The summed E-state index contributed by atoms with van der Waals surface area (Å²) in [5.41, 5.74) is 7.19. The Morgan fingerprint density at radius 2 is 2.11 bits per heavy atom. The number of carbonyl (C=O) groups is 1. The van der Waals surface area contributed by atoms with Gasteiger partial charge in [0.15, 0.2) is 6.20 Å². The molecule has 0 bridgehead atoms. The number of nitrogen functional groups attached to an aromatic ring is 1. The van der Waals surface area contributed by atoms with Gasteiger partial charge in [-0.25, -0.2) is 9.97 Å². The number of nitrogens with zero attached hydrogens (tertiary/aromatic N) is 3. The number of aliphatic hydroxyl groups is 1. The summed E-state index contributed by atoms with van der Waals surface area (Å²) in [6.07, 6.45) is 3.32. The third-order valence-electron chi connectivity index (χ3n) is 6.00. The molecule has 178 valence electrons. The van der Waals surface area contributed by atoms with Gasteiger partial charge in [-0.05, 0) is 49.2 Å². The lowest BCUT2D eigenvalue weighted by Gasteiger charge is -2.20. The average Bonchev–Trinajstić information content (AvgIpc) is 3.41. The van der Waals surface area contributed by atoms with Crippen molar-refractivity contribution < 1.29 is 19.0 Å². The minimum Gasteiger partial charge on any atom is -0.618 e. The molecule has 1 aromatic carbocycles. The Morgan fingerprint density at radius 3 is 2.86 bits per heavy atom. The summed E-state index contributed by atoms with van der Waals surface area (Å²) >= 11 is 6.10. The number of benzene rings is 1. The maximum absolute atomic E-state index is 14.6. The van der Waals surface area contributed by atoms with Gasteiger partial charge in [0, 0.05) is 34.3 Å². The molecule has 0 saturated carbocycles. The molecule has 3 heterocycles. The van der Waals surface area contributed by atoms with Gasteiger partial charge in [-0.3, -0.25) is 4.79 Å². The van der Waals surface area contributed by atoms with Crippen LogP contribution < -0.4 is 15.8 Å². The number of hydrogen-bond acceptors (Lipinski definition) is 6. The van der Waals surface area contributed by atoms with E-state index in [1.165, 1.54) is 31.5 Å². The first kappa shape index (κ1) is 22.8. The van der Waals surface area contributed by atoms with Crippen LogP contribution in [0.2, 0.25) is 5.02 Å². The van der Waals surface area contributed by atoms with E-state index >= 15 is 0 Å². The van der Waals surface area contributed by atoms with E-state index in [0.29, 0.717) is 38.6 Å². The van der Waals surface area contributed by atoms with Crippen molar-refractivity contribution in [2.24, 2.45) is 0 Å². The topological polar surface area (TPSA) is 144 Å². The quantitative estimate of drug-likeness (QED) is 0.148.